The number of rotatable bonds is 8. The molecule has 0 radical (unpaired) electrons. The van der Waals surface area contributed by atoms with Crippen LogP contribution < -0.4 is 15.6 Å². The van der Waals surface area contributed by atoms with Gasteiger partial charge in [-0.15, -0.1) is 0 Å². The van der Waals surface area contributed by atoms with E-state index < -0.39 is 0 Å². The second-order valence-corrected chi connectivity index (χ2v) is 9.79. The van der Waals surface area contributed by atoms with Crippen LogP contribution in [0.15, 0.2) is 94.7 Å². The second-order valence-electron chi connectivity index (χ2n) is 9.79. The zero-order valence-electron chi connectivity index (χ0n) is 23.9. The van der Waals surface area contributed by atoms with Crippen molar-refractivity contribution in [2.24, 2.45) is 12.0 Å². The summed E-state index contributed by atoms with van der Waals surface area (Å²) in [5, 5.41) is 2.82. The molecule has 0 atom stereocenters. The lowest BCUT2D eigenvalue weighted by atomic mass is 10.2. The Morgan fingerprint density at radius 3 is 2.34 bits per heavy atom. The smallest absolute Gasteiger partial charge is 0.295 e. The normalized spacial score (nSPS) is 11.2. The summed E-state index contributed by atoms with van der Waals surface area (Å²) < 4.78 is 11.0. The summed E-state index contributed by atoms with van der Waals surface area (Å²) >= 11 is 0. The third kappa shape index (κ3) is 5.49. The van der Waals surface area contributed by atoms with Gasteiger partial charge in [-0.3, -0.25) is 19.3 Å². The Bertz CT molecular complexity index is 1790. The first-order valence-electron chi connectivity index (χ1n) is 13.5. The van der Waals surface area contributed by atoms with Gasteiger partial charge in [0.1, 0.15) is 11.4 Å². The number of nitrogens with zero attached hydrogens (tertiary/aromatic N) is 4. The molecule has 8 nitrogen and oxygen atoms in total. The van der Waals surface area contributed by atoms with Gasteiger partial charge in [-0.2, -0.15) is 0 Å². The first-order chi connectivity index (χ1) is 19.8. The van der Waals surface area contributed by atoms with Gasteiger partial charge in [-0.05, 0) is 88.4 Å². The highest BCUT2D eigenvalue weighted by atomic mass is 16.5. The third-order valence-electron chi connectivity index (χ3n) is 7.13. The van der Waals surface area contributed by atoms with Gasteiger partial charge in [0.25, 0.3) is 11.5 Å². The van der Waals surface area contributed by atoms with E-state index in [0.717, 1.165) is 34.1 Å². The summed E-state index contributed by atoms with van der Waals surface area (Å²) in [7, 11) is 1.79. The number of anilines is 1. The number of aromatic nitrogens is 3. The van der Waals surface area contributed by atoms with Crippen molar-refractivity contribution in [2.45, 2.75) is 27.7 Å². The van der Waals surface area contributed by atoms with E-state index in [4.69, 9.17) is 4.74 Å². The van der Waals surface area contributed by atoms with Gasteiger partial charge >= 0.3 is 0 Å². The van der Waals surface area contributed by atoms with Crippen LogP contribution in [0.5, 0.6) is 5.75 Å². The molecular formula is C33H33N5O3. The molecule has 0 aliphatic rings. The molecule has 0 saturated carbocycles. The number of benzene rings is 3. The molecule has 0 unspecified atom stereocenters. The van der Waals surface area contributed by atoms with Crippen LogP contribution in [0.1, 0.15) is 39.9 Å². The topological polar surface area (TPSA) is 82.6 Å². The lowest BCUT2D eigenvalue weighted by molar-refractivity contribution is 0.102. The van der Waals surface area contributed by atoms with Gasteiger partial charge in [0.2, 0.25) is 0 Å². The number of para-hydroxylation sites is 1. The highest BCUT2D eigenvalue weighted by Gasteiger charge is 2.19. The SMILES string of the molecule is CCOc1ccc(-n2c(C)cc(C=Nc3cccc(C(=O)Nc4c(C)n(C)n(-c5ccccc5)c4=O)c3)c2C)cc1. The molecule has 5 rings (SSSR count). The Morgan fingerprint density at radius 1 is 0.902 bits per heavy atom. The average Bonchev–Trinajstić information content (AvgIpc) is 3.38. The van der Waals surface area contributed by atoms with Crippen LogP contribution >= 0.6 is 0 Å². The van der Waals surface area contributed by atoms with Crippen LogP contribution in [-0.4, -0.2) is 32.7 Å². The molecule has 208 valence electrons. The Kier molecular flexibility index (Phi) is 7.74. The van der Waals surface area contributed by atoms with E-state index >= 15 is 0 Å². The maximum Gasteiger partial charge on any atom is 0.295 e. The predicted octanol–water partition coefficient (Wildman–Crippen LogP) is 6.29. The van der Waals surface area contributed by atoms with E-state index in [1.165, 1.54) is 4.68 Å². The molecule has 0 saturated heterocycles. The van der Waals surface area contributed by atoms with Gasteiger partial charge in [0.05, 0.1) is 23.7 Å². The van der Waals surface area contributed by atoms with Crippen LogP contribution in [0.3, 0.4) is 0 Å². The number of hydrogen-bond acceptors (Lipinski definition) is 4. The van der Waals surface area contributed by atoms with Crippen molar-refractivity contribution in [3.8, 4) is 17.1 Å². The van der Waals surface area contributed by atoms with Crippen LogP contribution in [0.25, 0.3) is 11.4 Å². The Hall–Kier alpha value is -5.11. The fourth-order valence-corrected chi connectivity index (χ4v) is 4.94. The molecular weight excluding hydrogens is 514 g/mol. The number of carbonyl (C=O) groups excluding carboxylic acids is 1. The molecule has 1 N–H and O–H groups in total. The molecule has 0 spiro atoms. The van der Waals surface area contributed by atoms with E-state index in [-0.39, 0.29) is 17.2 Å². The first kappa shape index (κ1) is 27.5. The molecule has 5 aromatic rings. The molecule has 41 heavy (non-hydrogen) atoms. The summed E-state index contributed by atoms with van der Waals surface area (Å²) in [6.45, 7) is 8.52. The molecule has 0 bridgehead atoms. The van der Waals surface area contributed by atoms with Crippen molar-refractivity contribution in [3.63, 3.8) is 0 Å². The van der Waals surface area contributed by atoms with Crippen molar-refractivity contribution in [1.82, 2.24) is 13.9 Å². The first-order valence-corrected chi connectivity index (χ1v) is 13.5. The number of aliphatic imine (C=N–C) groups is 1. The zero-order chi connectivity index (χ0) is 29.1. The van der Waals surface area contributed by atoms with Crippen LogP contribution in [0, 0.1) is 20.8 Å². The minimum atomic E-state index is -0.373. The number of amides is 1. The van der Waals surface area contributed by atoms with Crippen LogP contribution in [0.4, 0.5) is 11.4 Å². The summed E-state index contributed by atoms with van der Waals surface area (Å²) in [6, 6.07) is 26.5. The lowest BCUT2D eigenvalue weighted by Gasteiger charge is -2.11. The Labute approximate surface area is 239 Å². The van der Waals surface area contributed by atoms with Crippen molar-refractivity contribution < 1.29 is 9.53 Å². The third-order valence-corrected chi connectivity index (χ3v) is 7.13. The van der Waals surface area contributed by atoms with Crippen molar-refractivity contribution in [2.75, 3.05) is 11.9 Å². The molecule has 2 aromatic heterocycles. The quantitative estimate of drug-likeness (QED) is 0.232. The van der Waals surface area contributed by atoms with Gasteiger partial charge in [-0.25, -0.2) is 4.68 Å². The molecule has 0 fully saturated rings. The minimum Gasteiger partial charge on any atom is -0.494 e. The van der Waals surface area contributed by atoms with E-state index in [9.17, 15) is 9.59 Å². The van der Waals surface area contributed by atoms with Gasteiger partial charge in [0.15, 0.2) is 0 Å². The Morgan fingerprint density at radius 2 is 1.63 bits per heavy atom. The molecule has 8 heteroatoms. The van der Waals surface area contributed by atoms with Crippen LogP contribution in [-0.2, 0) is 7.05 Å². The standard InChI is InChI=1S/C33H33N5O3/c1-6-41-30-17-15-28(16-18-30)37-22(2)19-26(23(37)3)21-34-27-12-10-11-25(20-27)32(39)35-31-24(4)36(5)38(33(31)40)29-13-8-7-9-14-29/h7-21H,6H2,1-5H3,(H,35,39). The lowest BCUT2D eigenvalue weighted by Crippen LogP contribution is -2.22. The fraction of sp³-hybridized carbons (Fsp3) is 0.182. The number of hydrogen-bond donors (Lipinski definition) is 1. The van der Waals surface area contributed by atoms with Crippen molar-refractivity contribution in [1.29, 1.82) is 0 Å². The predicted molar refractivity (Wildman–Crippen MR) is 164 cm³/mol. The van der Waals surface area contributed by atoms with E-state index in [0.29, 0.717) is 23.6 Å². The summed E-state index contributed by atoms with van der Waals surface area (Å²) in [4.78, 5) is 31.1. The molecule has 0 aliphatic carbocycles. The van der Waals surface area contributed by atoms with Crippen molar-refractivity contribution >= 4 is 23.5 Å². The highest BCUT2D eigenvalue weighted by molar-refractivity contribution is 6.05. The minimum absolute atomic E-state index is 0.247. The summed E-state index contributed by atoms with van der Waals surface area (Å²) in [5.74, 6) is 0.468. The molecule has 3 aromatic carbocycles. The van der Waals surface area contributed by atoms with Gasteiger partial charge < -0.3 is 14.6 Å². The average molecular weight is 548 g/mol. The highest BCUT2D eigenvalue weighted by Crippen LogP contribution is 2.23. The largest absolute Gasteiger partial charge is 0.494 e. The maximum atomic E-state index is 13.2. The number of nitrogens with one attached hydrogen (secondary N) is 1. The number of carbonyl (C=O) groups is 1. The van der Waals surface area contributed by atoms with Gasteiger partial charge in [0, 0.05) is 41.5 Å². The maximum absolute atomic E-state index is 13.2. The fourth-order valence-electron chi connectivity index (χ4n) is 4.94. The zero-order valence-corrected chi connectivity index (χ0v) is 23.9. The summed E-state index contributed by atoms with van der Waals surface area (Å²) in [6.07, 6.45) is 1.81. The van der Waals surface area contributed by atoms with E-state index in [2.05, 4.69) is 34.8 Å². The van der Waals surface area contributed by atoms with E-state index in [1.807, 2.05) is 73.8 Å². The van der Waals surface area contributed by atoms with Crippen molar-refractivity contribution in [3.05, 3.63) is 123 Å². The van der Waals surface area contributed by atoms with Crippen LogP contribution in [0.2, 0.25) is 0 Å². The number of aryl methyl sites for hydroxylation is 1. The molecule has 2 heterocycles. The summed E-state index contributed by atoms with van der Waals surface area (Å²) in [5.41, 5.74) is 6.55. The molecule has 0 aliphatic heterocycles. The van der Waals surface area contributed by atoms with Gasteiger partial charge in [-0.1, -0.05) is 24.3 Å². The monoisotopic (exact) mass is 547 g/mol. The van der Waals surface area contributed by atoms with E-state index in [1.54, 1.807) is 36.9 Å². The molecule has 1 amide bonds. The second kappa shape index (κ2) is 11.6. The Balaban J connectivity index is 1.36. The number of ether oxygens (including phenoxy) is 1.